The third kappa shape index (κ3) is 3.52. The Bertz CT molecular complexity index is 719. The molecule has 0 radical (unpaired) electrons. The highest BCUT2D eigenvalue weighted by Gasteiger charge is 2.34. The first-order valence-corrected chi connectivity index (χ1v) is 7.27. The van der Waals surface area contributed by atoms with Gasteiger partial charge in [0.1, 0.15) is 18.4 Å². The van der Waals surface area contributed by atoms with Gasteiger partial charge in [0.15, 0.2) is 0 Å². The Kier molecular flexibility index (Phi) is 4.06. The monoisotopic (exact) mass is 324 g/mol. The average Bonchev–Trinajstić information content (AvgIpc) is 3.01. The van der Waals surface area contributed by atoms with Crippen LogP contribution in [0, 0.1) is 0 Å². The number of rotatable bonds is 3. The van der Waals surface area contributed by atoms with E-state index >= 15 is 0 Å². The van der Waals surface area contributed by atoms with Gasteiger partial charge in [0.25, 0.3) is 0 Å². The van der Waals surface area contributed by atoms with E-state index in [-0.39, 0.29) is 0 Å². The van der Waals surface area contributed by atoms with Crippen molar-refractivity contribution in [3.8, 4) is 0 Å². The molecule has 1 saturated heterocycles. The van der Waals surface area contributed by atoms with Crippen LogP contribution in [0.3, 0.4) is 0 Å². The molecular formula is C15H15F3N4O. The van der Waals surface area contributed by atoms with Crippen molar-refractivity contribution in [2.24, 2.45) is 0 Å². The molecule has 1 fully saturated rings. The molecule has 1 N–H and O–H groups in total. The maximum atomic E-state index is 12.2. The maximum absolute atomic E-state index is 12.2. The summed E-state index contributed by atoms with van der Waals surface area (Å²) in [6, 6.07) is 6.66. The van der Waals surface area contributed by atoms with Gasteiger partial charge < -0.3 is 10.2 Å². The molecule has 1 amide bonds. The number of carbonyl (C=O) groups is 1. The van der Waals surface area contributed by atoms with E-state index in [1.807, 2.05) is 23.5 Å². The summed E-state index contributed by atoms with van der Waals surface area (Å²) in [5.74, 6) is -0.122. The predicted octanol–water partition coefficient (Wildman–Crippen LogP) is 2.28. The highest BCUT2D eigenvalue weighted by Crippen LogP contribution is 2.25. The maximum Gasteiger partial charge on any atom is 0.405 e. The minimum atomic E-state index is -4.41. The van der Waals surface area contributed by atoms with E-state index in [1.165, 1.54) is 0 Å². The third-order valence-electron chi connectivity index (χ3n) is 3.75. The number of carbonyl (C=O) groups excluding carboxylic acids is 1. The second-order valence-corrected chi connectivity index (χ2v) is 5.40. The molecule has 3 rings (SSSR count). The molecular weight excluding hydrogens is 309 g/mol. The summed E-state index contributed by atoms with van der Waals surface area (Å²) in [7, 11) is 0. The molecule has 122 valence electrons. The van der Waals surface area contributed by atoms with Gasteiger partial charge in [0.05, 0.1) is 17.2 Å². The molecule has 1 aliphatic heterocycles. The zero-order valence-electron chi connectivity index (χ0n) is 12.2. The van der Waals surface area contributed by atoms with E-state index in [1.54, 1.807) is 17.2 Å². The van der Waals surface area contributed by atoms with Gasteiger partial charge in [-0.25, -0.2) is 4.98 Å². The summed E-state index contributed by atoms with van der Waals surface area (Å²) >= 11 is 0. The number of nitrogens with zero attached hydrogens (tertiary/aromatic N) is 3. The molecule has 1 aromatic heterocycles. The van der Waals surface area contributed by atoms with Crippen LogP contribution in [0.4, 0.5) is 19.0 Å². The van der Waals surface area contributed by atoms with E-state index in [4.69, 9.17) is 0 Å². The molecule has 1 aromatic carbocycles. The number of hydrogen-bond acceptors (Lipinski definition) is 4. The normalized spacial score (nSPS) is 18.4. The number of hydrogen-bond donors (Lipinski definition) is 1. The number of benzene rings is 1. The number of fused-ring (bicyclic) bond motifs is 1. The van der Waals surface area contributed by atoms with Crippen molar-refractivity contribution in [1.29, 1.82) is 0 Å². The fraction of sp³-hybridized carbons (Fsp3) is 0.400. The Morgan fingerprint density at radius 3 is 2.78 bits per heavy atom. The first-order valence-electron chi connectivity index (χ1n) is 7.27. The fourth-order valence-corrected chi connectivity index (χ4v) is 2.70. The largest absolute Gasteiger partial charge is 0.405 e. The van der Waals surface area contributed by atoms with Crippen LogP contribution in [0.2, 0.25) is 0 Å². The van der Waals surface area contributed by atoms with Crippen molar-refractivity contribution in [3.05, 3.63) is 30.5 Å². The second-order valence-electron chi connectivity index (χ2n) is 5.40. The highest BCUT2D eigenvalue weighted by atomic mass is 19.4. The quantitative estimate of drug-likeness (QED) is 0.941. The summed E-state index contributed by atoms with van der Waals surface area (Å²) in [5, 5.41) is 1.95. The number of alkyl halides is 3. The smallest absolute Gasteiger partial charge is 0.345 e. The minimum Gasteiger partial charge on any atom is -0.345 e. The molecule has 0 aliphatic carbocycles. The number of amides is 1. The Morgan fingerprint density at radius 1 is 1.30 bits per heavy atom. The van der Waals surface area contributed by atoms with Gasteiger partial charge >= 0.3 is 6.18 Å². The number of halogens is 3. The lowest BCUT2D eigenvalue weighted by Gasteiger charge is -2.25. The Balaban J connectivity index is 1.78. The molecule has 2 heterocycles. The van der Waals surface area contributed by atoms with Crippen LogP contribution in [-0.4, -0.2) is 41.2 Å². The Labute approximate surface area is 130 Å². The van der Waals surface area contributed by atoms with Gasteiger partial charge in [-0.2, -0.15) is 13.2 Å². The summed E-state index contributed by atoms with van der Waals surface area (Å²) in [5.41, 5.74) is 1.42. The van der Waals surface area contributed by atoms with Gasteiger partial charge in [-0.3, -0.25) is 9.78 Å². The van der Waals surface area contributed by atoms with E-state index in [0.717, 1.165) is 11.9 Å². The lowest BCUT2D eigenvalue weighted by molar-refractivity contribution is -0.139. The van der Waals surface area contributed by atoms with Crippen molar-refractivity contribution < 1.29 is 18.0 Å². The van der Waals surface area contributed by atoms with Gasteiger partial charge in [0, 0.05) is 6.54 Å². The van der Waals surface area contributed by atoms with Crippen molar-refractivity contribution in [1.82, 2.24) is 15.3 Å². The van der Waals surface area contributed by atoms with E-state index in [2.05, 4.69) is 9.97 Å². The van der Waals surface area contributed by atoms with Crippen LogP contribution >= 0.6 is 0 Å². The highest BCUT2D eigenvalue weighted by molar-refractivity contribution is 5.86. The van der Waals surface area contributed by atoms with Gasteiger partial charge in [-0.05, 0) is 25.0 Å². The molecule has 0 spiro atoms. The fourth-order valence-electron chi connectivity index (χ4n) is 2.70. The lowest BCUT2D eigenvalue weighted by atomic mass is 10.2. The Morgan fingerprint density at radius 2 is 2.04 bits per heavy atom. The van der Waals surface area contributed by atoms with Crippen molar-refractivity contribution in [2.75, 3.05) is 18.0 Å². The van der Waals surface area contributed by atoms with Crippen LogP contribution in [0.1, 0.15) is 12.8 Å². The van der Waals surface area contributed by atoms with Crippen molar-refractivity contribution >= 4 is 22.8 Å². The summed E-state index contributed by atoms with van der Waals surface area (Å²) < 4.78 is 36.7. The van der Waals surface area contributed by atoms with E-state index in [0.29, 0.717) is 24.3 Å². The average molecular weight is 324 g/mol. The molecule has 2 aromatic rings. The molecule has 0 bridgehead atoms. The van der Waals surface area contributed by atoms with Crippen LogP contribution in [-0.2, 0) is 4.79 Å². The van der Waals surface area contributed by atoms with Crippen LogP contribution < -0.4 is 10.2 Å². The molecule has 0 saturated carbocycles. The third-order valence-corrected chi connectivity index (χ3v) is 3.75. The minimum absolute atomic E-state index is 0.498. The van der Waals surface area contributed by atoms with Crippen LogP contribution in [0.15, 0.2) is 30.5 Å². The molecule has 8 heteroatoms. The predicted molar refractivity (Wildman–Crippen MR) is 79.0 cm³/mol. The number of anilines is 1. The van der Waals surface area contributed by atoms with Crippen molar-refractivity contribution in [3.63, 3.8) is 0 Å². The topological polar surface area (TPSA) is 58.1 Å². The Hall–Kier alpha value is -2.38. The van der Waals surface area contributed by atoms with Gasteiger partial charge in [-0.15, -0.1) is 0 Å². The van der Waals surface area contributed by atoms with E-state index in [9.17, 15) is 18.0 Å². The zero-order chi connectivity index (χ0) is 16.4. The van der Waals surface area contributed by atoms with Crippen LogP contribution in [0.25, 0.3) is 11.0 Å². The number of nitrogens with one attached hydrogen (secondary N) is 1. The van der Waals surface area contributed by atoms with Gasteiger partial charge in [0.2, 0.25) is 5.91 Å². The van der Waals surface area contributed by atoms with Crippen molar-refractivity contribution in [2.45, 2.75) is 25.1 Å². The molecule has 1 aliphatic rings. The number of aromatic nitrogens is 2. The first kappa shape index (κ1) is 15.5. The standard InChI is InChI=1S/C15H15F3N4O/c16-15(17,18)9-20-14(23)12-6-3-7-22(12)13-8-19-10-4-1-2-5-11(10)21-13/h1-2,4-5,8,12H,3,6-7,9H2,(H,20,23)/t12-/m1/s1. The van der Waals surface area contributed by atoms with E-state index < -0.39 is 24.7 Å². The summed E-state index contributed by atoms with van der Waals surface area (Å²) in [6.07, 6.45) is -1.64. The molecule has 0 unspecified atom stereocenters. The van der Waals surface area contributed by atoms with Crippen LogP contribution in [0.5, 0.6) is 0 Å². The zero-order valence-corrected chi connectivity index (χ0v) is 12.2. The summed E-state index contributed by atoms with van der Waals surface area (Å²) in [6.45, 7) is -0.753. The molecule has 1 atom stereocenters. The van der Waals surface area contributed by atoms with Gasteiger partial charge in [-0.1, -0.05) is 12.1 Å². The lowest BCUT2D eigenvalue weighted by Crippen LogP contribution is -2.46. The SMILES string of the molecule is O=C(NCC(F)(F)F)[C@H]1CCCN1c1cnc2ccccc2n1. The first-order chi connectivity index (χ1) is 10.9. The number of para-hydroxylation sites is 2. The molecule has 23 heavy (non-hydrogen) atoms. The molecule has 5 nitrogen and oxygen atoms in total. The summed E-state index contributed by atoms with van der Waals surface area (Å²) in [4.78, 5) is 22.5. The second kappa shape index (κ2) is 6.02.